The molecule has 2 heterocycles. The van der Waals surface area contributed by atoms with Crippen molar-refractivity contribution in [2.24, 2.45) is 0 Å². The van der Waals surface area contributed by atoms with Gasteiger partial charge in [-0.05, 0) is 61.9 Å². The summed E-state index contributed by atoms with van der Waals surface area (Å²) in [6.07, 6.45) is 4.19. The van der Waals surface area contributed by atoms with E-state index in [1.165, 1.54) is 11.3 Å². The normalized spacial score (nSPS) is 16.8. The molecule has 1 aliphatic heterocycles. The summed E-state index contributed by atoms with van der Waals surface area (Å²) in [7, 11) is 0. The highest BCUT2D eigenvalue weighted by molar-refractivity contribution is 5.51. The van der Waals surface area contributed by atoms with E-state index in [4.69, 9.17) is 9.47 Å². The van der Waals surface area contributed by atoms with Crippen LogP contribution >= 0.6 is 0 Å². The maximum absolute atomic E-state index is 6.04. The van der Waals surface area contributed by atoms with Crippen LogP contribution in [0.3, 0.4) is 0 Å². The Kier molecular flexibility index (Phi) is 4.67. The molecule has 0 unspecified atom stereocenters. The molecular formula is C22H24N2O2. The van der Waals surface area contributed by atoms with Crippen LogP contribution in [-0.4, -0.2) is 24.3 Å². The number of benzene rings is 2. The molecule has 0 radical (unpaired) electrons. The first-order valence-corrected chi connectivity index (χ1v) is 9.10. The maximum atomic E-state index is 6.04. The van der Waals surface area contributed by atoms with Crippen LogP contribution in [0.4, 0.5) is 5.69 Å². The van der Waals surface area contributed by atoms with Gasteiger partial charge in [-0.25, -0.2) is 0 Å². The van der Waals surface area contributed by atoms with Gasteiger partial charge in [-0.1, -0.05) is 12.1 Å². The fourth-order valence-corrected chi connectivity index (χ4v) is 3.42. The number of hydrogen-bond donors (Lipinski definition) is 0. The summed E-state index contributed by atoms with van der Waals surface area (Å²) >= 11 is 0. The molecule has 1 aromatic heterocycles. The van der Waals surface area contributed by atoms with Gasteiger partial charge in [-0.2, -0.15) is 0 Å². The summed E-state index contributed by atoms with van der Waals surface area (Å²) in [6.45, 7) is 6.45. The Balaban J connectivity index is 1.57. The molecule has 0 saturated carbocycles. The highest BCUT2D eigenvalue weighted by Crippen LogP contribution is 2.33. The molecule has 0 bridgehead atoms. The summed E-state index contributed by atoms with van der Waals surface area (Å²) in [4.78, 5) is 2.32. The number of nitrogens with zero attached hydrogens (tertiary/aromatic N) is 2. The lowest BCUT2D eigenvalue weighted by atomic mass is 10.2. The lowest BCUT2D eigenvalue weighted by Crippen LogP contribution is -2.23. The monoisotopic (exact) mass is 348 g/mol. The van der Waals surface area contributed by atoms with E-state index in [0.29, 0.717) is 6.61 Å². The number of hydrogen-bond acceptors (Lipinski definition) is 3. The van der Waals surface area contributed by atoms with Gasteiger partial charge in [0.1, 0.15) is 5.75 Å². The second-order valence-corrected chi connectivity index (χ2v) is 6.53. The number of aromatic nitrogens is 1. The molecule has 3 aromatic rings. The minimum atomic E-state index is -0.0410. The third kappa shape index (κ3) is 3.33. The van der Waals surface area contributed by atoms with E-state index in [1.54, 1.807) is 0 Å². The van der Waals surface area contributed by atoms with Crippen molar-refractivity contribution in [3.05, 3.63) is 78.1 Å². The van der Waals surface area contributed by atoms with Gasteiger partial charge in [-0.3, -0.25) is 0 Å². The topological polar surface area (TPSA) is 26.6 Å². The Morgan fingerprint density at radius 1 is 1.08 bits per heavy atom. The summed E-state index contributed by atoms with van der Waals surface area (Å²) in [5, 5.41) is 0. The summed E-state index contributed by atoms with van der Waals surface area (Å²) < 4.78 is 13.7. The second kappa shape index (κ2) is 7.26. The van der Waals surface area contributed by atoms with Gasteiger partial charge < -0.3 is 18.9 Å². The van der Waals surface area contributed by atoms with E-state index < -0.39 is 0 Å². The van der Waals surface area contributed by atoms with Crippen molar-refractivity contribution < 1.29 is 9.47 Å². The van der Waals surface area contributed by atoms with E-state index in [0.717, 1.165) is 30.2 Å². The van der Waals surface area contributed by atoms with Crippen LogP contribution < -0.4 is 9.64 Å². The standard InChI is InChI=1S/C22H24N2O2/c1-3-25-21-9-7-19(8-10-21)23-12-11-18(16-23)22-24(13-14-26-22)20-6-4-5-17(2)15-20/h4-12,15-16,22H,3,13-14H2,1-2H3/t22-/m1/s1. The van der Waals surface area contributed by atoms with Gasteiger partial charge in [0.2, 0.25) is 0 Å². The zero-order chi connectivity index (χ0) is 17.9. The van der Waals surface area contributed by atoms with Crippen LogP contribution in [0.25, 0.3) is 5.69 Å². The fourth-order valence-electron chi connectivity index (χ4n) is 3.42. The largest absolute Gasteiger partial charge is 0.494 e. The van der Waals surface area contributed by atoms with Gasteiger partial charge >= 0.3 is 0 Å². The van der Waals surface area contributed by atoms with E-state index in [9.17, 15) is 0 Å². The number of aryl methyl sites for hydroxylation is 1. The molecule has 2 aromatic carbocycles. The van der Waals surface area contributed by atoms with Crippen molar-refractivity contribution in [3.63, 3.8) is 0 Å². The van der Waals surface area contributed by atoms with Crippen molar-refractivity contribution in [2.45, 2.75) is 20.1 Å². The Hall–Kier alpha value is -2.72. The van der Waals surface area contributed by atoms with Crippen molar-refractivity contribution in [2.75, 3.05) is 24.7 Å². The maximum Gasteiger partial charge on any atom is 0.158 e. The zero-order valence-electron chi connectivity index (χ0n) is 15.3. The number of anilines is 1. The Labute approximate surface area is 154 Å². The van der Waals surface area contributed by atoms with Gasteiger partial charge in [0.15, 0.2) is 6.23 Å². The van der Waals surface area contributed by atoms with Crippen LogP contribution in [0.2, 0.25) is 0 Å². The smallest absolute Gasteiger partial charge is 0.158 e. The third-order valence-electron chi connectivity index (χ3n) is 4.67. The molecule has 4 nitrogen and oxygen atoms in total. The first-order valence-electron chi connectivity index (χ1n) is 9.10. The van der Waals surface area contributed by atoms with Gasteiger partial charge in [0, 0.05) is 35.9 Å². The summed E-state index contributed by atoms with van der Waals surface area (Å²) in [5.74, 6) is 0.897. The average molecular weight is 348 g/mol. The van der Waals surface area contributed by atoms with Crippen LogP contribution in [0.1, 0.15) is 24.3 Å². The zero-order valence-corrected chi connectivity index (χ0v) is 15.3. The molecule has 26 heavy (non-hydrogen) atoms. The van der Waals surface area contributed by atoms with Crippen LogP contribution in [0.5, 0.6) is 5.75 Å². The Bertz CT molecular complexity index is 870. The predicted molar refractivity (Wildman–Crippen MR) is 104 cm³/mol. The minimum Gasteiger partial charge on any atom is -0.494 e. The predicted octanol–water partition coefficient (Wildman–Crippen LogP) is 4.72. The molecule has 4 rings (SSSR count). The molecular weight excluding hydrogens is 324 g/mol. The molecule has 1 atom stereocenters. The SMILES string of the molecule is CCOc1ccc(-n2ccc([C@H]3OCCN3c3cccc(C)c3)c2)cc1. The Morgan fingerprint density at radius 3 is 2.69 bits per heavy atom. The first-order chi connectivity index (χ1) is 12.7. The molecule has 1 fully saturated rings. The van der Waals surface area contributed by atoms with Crippen molar-refractivity contribution in [3.8, 4) is 11.4 Å². The molecule has 0 aliphatic carbocycles. The number of rotatable bonds is 5. The van der Waals surface area contributed by atoms with Crippen LogP contribution in [0, 0.1) is 6.92 Å². The molecule has 0 spiro atoms. The van der Waals surface area contributed by atoms with Gasteiger partial charge in [-0.15, -0.1) is 0 Å². The highest BCUT2D eigenvalue weighted by Gasteiger charge is 2.28. The lowest BCUT2D eigenvalue weighted by molar-refractivity contribution is 0.114. The third-order valence-corrected chi connectivity index (χ3v) is 4.67. The van der Waals surface area contributed by atoms with E-state index in [-0.39, 0.29) is 6.23 Å². The first kappa shape index (κ1) is 16.7. The van der Waals surface area contributed by atoms with Crippen molar-refractivity contribution in [1.29, 1.82) is 0 Å². The minimum absolute atomic E-state index is 0.0410. The van der Waals surface area contributed by atoms with E-state index in [2.05, 4.69) is 71.2 Å². The Morgan fingerprint density at radius 2 is 1.92 bits per heavy atom. The molecule has 0 N–H and O–H groups in total. The molecule has 134 valence electrons. The molecule has 4 heteroatoms. The van der Waals surface area contributed by atoms with E-state index in [1.807, 2.05) is 19.1 Å². The van der Waals surface area contributed by atoms with Crippen LogP contribution in [-0.2, 0) is 4.74 Å². The molecule has 0 amide bonds. The summed E-state index contributed by atoms with van der Waals surface area (Å²) in [5.41, 5.74) is 4.75. The summed E-state index contributed by atoms with van der Waals surface area (Å²) in [6, 6.07) is 18.9. The highest BCUT2D eigenvalue weighted by atomic mass is 16.5. The second-order valence-electron chi connectivity index (χ2n) is 6.53. The quantitative estimate of drug-likeness (QED) is 0.667. The fraction of sp³-hybridized carbons (Fsp3) is 0.273. The van der Waals surface area contributed by atoms with Gasteiger partial charge in [0.05, 0.1) is 13.2 Å². The van der Waals surface area contributed by atoms with Crippen molar-refractivity contribution >= 4 is 5.69 Å². The lowest BCUT2D eigenvalue weighted by Gasteiger charge is -2.25. The van der Waals surface area contributed by atoms with E-state index >= 15 is 0 Å². The van der Waals surface area contributed by atoms with Crippen LogP contribution in [0.15, 0.2) is 67.0 Å². The number of ether oxygens (including phenoxy) is 2. The average Bonchev–Trinajstić information content (AvgIpc) is 3.32. The van der Waals surface area contributed by atoms with Gasteiger partial charge in [0.25, 0.3) is 0 Å². The molecule has 1 saturated heterocycles. The van der Waals surface area contributed by atoms with Crippen molar-refractivity contribution in [1.82, 2.24) is 4.57 Å². The molecule has 1 aliphatic rings.